The summed E-state index contributed by atoms with van der Waals surface area (Å²) >= 11 is 0. The highest BCUT2D eigenvalue weighted by atomic mass is 16.6. The van der Waals surface area contributed by atoms with Crippen LogP contribution < -0.4 is 0 Å². The molecule has 1 aliphatic heterocycles. The van der Waals surface area contributed by atoms with Crippen LogP contribution >= 0.6 is 0 Å². The van der Waals surface area contributed by atoms with Gasteiger partial charge < -0.3 is 14.6 Å². The standard InChI is InChI=1S/C15H19NO5/c1-2-20-14(18)13-12(17)8-9-16(13)15(19)21-10-11-6-4-3-5-7-11/h3-7,12-13,17H,2,8-10H2,1H3/t12-,13+/m1/s1. The van der Waals surface area contributed by atoms with Crippen molar-refractivity contribution in [2.24, 2.45) is 0 Å². The summed E-state index contributed by atoms with van der Waals surface area (Å²) in [7, 11) is 0. The van der Waals surface area contributed by atoms with E-state index in [1.807, 2.05) is 30.3 Å². The molecule has 2 atom stereocenters. The molecule has 114 valence electrons. The van der Waals surface area contributed by atoms with Gasteiger partial charge in [0.1, 0.15) is 6.61 Å². The van der Waals surface area contributed by atoms with Crippen molar-refractivity contribution in [3.63, 3.8) is 0 Å². The van der Waals surface area contributed by atoms with E-state index in [9.17, 15) is 14.7 Å². The molecule has 6 heteroatoms. The van der Waals surface area contributed by atoms with Gasteiger partial charge >= 0.3 is 12.1 Å². The summed E-state index contributed by atoms with van der Waals surface area (Å²) in [4.78, 5) is 25.1. The lowest BCUT2D eigenvalue weighted by molar-refractivity contribution is -0.150. The molecule has 0 aliphatic carbocycles. The van der Waals surface area contributed by atoms with Crippen molar-refractivity contribution in [3.8, 4) is 0 Å². The summed E-state index contributed by atoms with van der Waals surface area (Å²) in [6.07, 6.45) is -1.19. The maximum atomic E-state index is 12.1. The van der Waals surface area contributed by atoms with E-state index in [1.54, 1.807) is 6.92 Å². The molecule has 0 radical (unpaired) electrons. The number of rotatable bonds is 4. The number of carbonyl (C=O) groups is 2. The van der Waals surface area contributed by atoms with Crippen LogP contribution in [0.3, 0.4) is 0 Å². The normalized spacial score (nSPS) is 21.1. The van der Waals surface area contributed by atoms with Crippen molar-refractivity contribution in [3.05, 3.63) is 35.9 Å². The first kappa shape index (κ1) is 15.3. The Bertz CT molecular complexity index is 490. The summed E-state index contributed by atoms with van der Waals surface area (Å²) < 4.78 is 10.1. The molecule has 1 saturated heterocycles. The predicted octanol–water partition coefficient (Wildman–Crippen LogP) is 1.32. The lowest BCUT2D eigenvalue weighted by Crippen LogP contribution is -2.46. The van der Waals surface area contributed by atoms with Crippen LogP contribution in [-0.2, 0) is 20.9 Å². The van der Waals surface area contributed by atoms with Gasteiger partial charge in [-0.3, -0.25) is 4.90 Å². The molecule has 1 aromatic rings. The lowest BCUT2D eigenvalue weighted by Gasteiger charge is -2.23. The molecular formula is C15H19NO5. The van der Waals surface area contributed by atoms with Crippen LogP contribution in [0, 0.1) is 0 Å². The van der Waals surface area contributed by atoms with Crippen molar-refractivity contribution in [1.82, 2.24) is 4.90 Å². The number of amides is 1. The summed E-state index contributed by atoms with van der Waals surface area (Å²) in [5.41, 5.74) is 0.860. The molecule has 1 aromatic carbocycles. The molecule has 1 amide bonds. The van der Waals surface area contributed by atoms with E-state index < -0.39 is 24.2 Å². The van der Waals surface area contributed by atoms with E-state index in [1.165, 1.54) is 4.90 Å². The number of aliphatic hydroxyl groups is 1. The molecule has 1 fully saturated rings. The third kappa shape index (κ3) is 3.72. The van der Waals surface area contributed by atoms with Crippen LogP contribution in [0.1, 0.15) is 18.9 Å². The minimum atomic E-state index is -0.978. The number of ether oxygens (including phenoxy) is 2. The quantitative estimate of drug-likeness (QED) is 0.847. The number of hydrogen-bond acceptors (Lipinski definition) is 5. The zero-order valence-electron chi connectivity index (χ0n) is 11.9. The van der Waals surface area contributed by atoms with Crippen LogP contribution in [0.2, 0.25) is 0 Å². The third-order valence-corrected chi connectivity index (χ3v) is 3.33. The fourth-order valence-electron chi connectivity index (χ4n) is 2.30. The van der Waals surface area contributed by atoms with Crippen LogP contribution in [0.5, 0.6) is 0 Å². The van der Waals surface area contributed by atoms with E-state index in [0.717, 1.165) is 5.56 Å². The van der Waals surface area contributed by atoms with Gasteiger partial charge in [-0.05, 0) is 18.9 Å². The Hall–Kier alpha value is -2.08. The molecule has 0 aromatic heterocycles. The van der Waals surface area contributed by atoms with Crippen molar-refractivity contribution in [1.29, 1.82) is 0 Å². The fourth-order valence-corrected chi connectivity index (χ4v) is 2.30. The van der Waals surface area contributed by atoms with Gasteiger partial charge in [0.25, 0.3) is 0 Å². The Morgan fingerprint density at radius 1 is 1.29 bits per heavy atom. The van der Waals surface area contributed by atoms with E-state index in [2.05, 4.69) is 0 Å². The van der Waals surface area contributed by atoms with Crippen molar-refractivity contribution in [2.45, 2.75) is 32.1 Å². The molecule has 0 spiro atoms. The van der Waals surface area contributed by atoms with E-state index >= 15 is 0 Å². The Morgan fingerprint density at radius 2 is 2.00 bits per heavy atom. The van der Waals surface area contributed by atoms with Gasteiger partial charge in [0.2, 0.25) is 0 Å². The Morgan fingerprint density at radius 3 is 2.67 bits per heavy atom. The van der Waals surface area contributed by atoms with Crippen molar-refractivity contribution in [2.75, 3.05) is 13.2 Å². The number of hydrogen-bond donors (Lipinski definition) is 1. The number of carbonyl (C=O) groups excluding carboxylic acids is 2. The number of likely N-dealkylation sites (tertiary alicyclic amines) is 1. The van der Waals surface area contributed by atoms with Crippen LogP contribution in [0.15, 0.2) is 30.3 Å². The zero-order chi connectivity index (χ0) is 15.2. The molecule has 1 aliphatic rings. The average molecular weight is 293 g/mol. The number of aliphatic hydroxyl groups excluding tert-OH is 1. The van der Waals surface area contributed by atoms with Gasteiger partial charge in [0.05, 0.1) is 12.7 Å². The summed E-state index contributed by atoms with van der Waals surface area (Å²) in [5, 5.41) is 9.84. The Balaban J connectivity index is 1.95. The third-order valence-electron chi connectivity index (χ3n) is 3.33. The van der Waals surface area contributed by atoms with Crippen molar-refractivity contribution < 1.29 is 24.2 Å². The second-order valence-corrected chi connectivity index (χ2v) is 4.79. The first-order valence-electron chi connectivity index (χ1n) is 6.95. The molecule has 0 bridgehead atoms. The van der Waals surface area contributed by atoms with Gasteiger partial charge in [-0.15, -0.1) is 0 Å². The number of nitrogens with zero attached hydrogens (tertiary/aromatic N) is 1. The molecular weight excluding hydrogens is 274 g/mol. The summed E-state index contributed by atoms with van der Waals surface area (Å²) in [6.45, 7) is 2.28. The van der Waals surface area contributed by atoms with E-state index in [4.69, 9.17) is 9.47 Å². The molecule has 21 heavy (non-hydrogen) atoms. The molecule has 1 N–H and O–H groups in total. The number of esters is 1. The topological polar surface area (TPSA) is 76.1 Å². The molecule has 0 saturated carbocycles. The van der Waals surface area contributed by atoms with Gasteiger partial charge in [0, 0.05) is 6.54 Å². The minimum Gasteiger partial charge on any atom is -0.464 e. The van der Waals surface area contributed by atoms with Gasteiger partial charge in [-0.1, -0.05) is 30.3 Å². The summed E-state index contributed by atoms with van der Waals surface area (Å²) in [6, 6.07) is 8.28. The maximum absolute atomic E-state index is 12.1. The monoisotopic (exact) mass is 293 g/mol. The predicted molar refractivity (Wildman–Crippen MR) is 74.4 cm³/mol. The largest absolute Gasteiger partial charge is 0.464 e. The Kier molecular flexibility index (Phi) is 5.16. The second kappa shape index (κ2) is 7.08. The SMILES string of the molecule is CCOC(=O)[C@@H]1[C@H](O)CCN1C(=O)OCc1ccccc1. The van der Waals surface area contributed by atoms with Crippen LogP contribution in [0.4, 0.5) is 4.79 Å². The highest BCUT2D eigenvalue weighted by molar-refractivity contribution is 5.82. The van der Waals surface area contributed by atoms with Crippen molar-refractivity contribution >= 4 is 12.1 Å². The molecule has 1 heterocycles. The molecule has 0 unspecified atom stereocenters. The van der Waals surface area contributed by atoms with E-state index in [0.29, 0.717) is 6.42 Å². The fraction of sp³-hybridized carbons (Fsp3) is 0.467. The minimum absolute atomic E-state index is 0.127. The molecule has 6 nitrogen and oxygen atoms in total. The van der Waals surface area contributed by atoms with Crippen LogP contribution in [0.25, 0.3) is 0 Å². The number of benzene rings is 1. The Labute approximate surface area is 123 Å². The average Bonchev–Trinajstić information content (AvgIpc) is 2.88. The van der Waals surface area contributed by atoms with Gasteiger partial charge in [0.15, 0.2) is 6.04 Å². The lowest BCUT2D eigenvalue weighted by atomic mass is 10.2. The summed E-state index contributed by atoms with van der Waals surface area (Å²) in [5.74, 6) is -0.598. The van der Waals surface area contributed by atoms with E-state index in [-0.39, 0.29) is 19.8 Å². The maximum Gasteiger partial charge on any atom is 0.410 e. The first-order valence-corrected chi connectivity index (χ1v) is 6.95. The first-order chi connectivity index (χ1) is 10.1. The highest BCUT2D eigenvalue weighted by Gasteiger charge is 2.42. The molecule has 2 rings (SSSR count). The van der Waals surface area contributed by atoms with Gasteiger partial charge in [-0.2, -0.15) is 0 Å². The smallest absolute Gasteiger partial charge is 0.410 e. The van der Waals surface area contributed by atoms with Gasteiger partial charge in [-0.25, -0.2) is 9.59 Å². The highest BCUT2D eigenvalue weighted by Crippen LogP contribution is 2.20. The van der Waals surface area contributed by atoms with Crippen LogP contribution in [-0.4, -0.2) is 47.4 Å². The second-order valence-electron chi connectivity index (χ2n) is 4.79. The zero-order valence-corrected chi connectivity index (χ0v) is 11.9.